The minimum absolute atomic E-state index is 0.000875. The Hall–Kier alpha value is -2.90. The number of piperidine rings is 1. The van der Waals surface area contributed by atoms with Gasteiger partial charge in [-0.2, -0.15) is 0 Å². The first-order chi connectivity index (χ1) is 13.3. The zero-order chi connectivity index (χ0) is 20.4. The lowest BCUT2D eigenvalue weighted by atomic mass is 9.96. The molecule has 0 bridgehead atoms. The van der Waals surface area contributed by atoms with Crippen LogP contribution in [0.5, 0.6) is 5.75 Å². The molecule has 150 valence electrons. The number of pyridine rings is 1. The van der Waals surface area contributed by atoms with Crippen LogP contribution >= 0.6 is 0 Å². The fraction of sp³-hybridized carbons (Fsp3) is 0.500. The van der Waals surface area contributed by atoms with Crippen molar-refractivity contribution in [1.29, 1.82) is 0 Å². The van der Waals surface area contributed by atoms with Crippen LogP contribution in [0.2, 0.25) is 0 Å². The fourth-order valence-corrected chi connectivity index (χ4v) is 3.52. The summed E-state index contributed by atoms with van der Waals surface area (Å²) in [4.78, 5) is 43.1. The van der Waals surface area contributed by atoms with Gasteiger partial charge in [-0.15, -0.1) is 0 Å². The number of hydrogen-bond donors (Lipinski definition) is 0. The summed E-state index contributed by atoms with van der Waals surface area (Å²) in [7, 11) is 3.06. The molecule has 0 atom stereocenters. The van der Waals surface area contributed by atoms with E-state index in [-0.39, 0.29) is 17.0 Å². The maximum atomic E-state index is 12.9. The molecule has 2 aromatic rings. The van der Waals surface area contributed by atoms with Crippen molar-refractivity contribution in [3.63, 3.8) is 0 Å². The average molecular weight is 386 g/mol. The summed E-state index contributed by atoms with van der Waals surface area (Å²) in [5.41, 5.74) is 1.60. The minimum Gasteiger partial charge on any atom is -0.496 e. The summed E-state index contributed by atoms with van der Waals surface area (Å²) in [5, 5.41) is 0. The summed E-state index contributed by atoms with van der Waals surface area (Å²) < 4.78 is 8.27. The minimum atomic E-state index is -0.223. The molecule has 0 aliphatic carbocycles. The Labute approximate surface area is 163 Å². The van der Waals surface area contributed by atoms with E-state index in [0.29, 0.717) is 42.4 Å². The topological polar surface area (TPSA) is 86.4 Å². The molecule has 3 heterocycles. The molecule has 0 spiro atoms. The number of aromatic nitrogens is 3. The van der Waals surface area contributed by atoms with Gasteiger partial charge in [0, 0.05) is 50.2 Å². The highest BCUT2D eigenvalue weighted by molar-refractivity contribution is 5.96. The van der Waals surface area contributed by atoms with Crippen LogP contribution in [-0.4, -0.2) is 45.1 Å². The van der Waals surface area contributed by atoms with Crippen molar-refractivity contribution in [2.75, 3.05) is 20.2 Å². The zero-order valence-electron chi connectivity index (χ0n) is 16.8. The Bertz CT molecular complexity index is 1000. The van der Waals surface area contributed by atoms with Crippen molar-refractivity contribution in [2.45, 2.75) is 33.2 Å². The summed E-state index contributed by atoms with van der Waals surface area (Å²) >= 11 is 0. The van der Waals surface area contributed by atoms with Gasteiger partial charge in [0.25, 0.3) is 17.0 Å². The summed E-state index contributed by atoms with van der Waals surface area (Å²) in [6, 6.07) is 1.33. The Morgan fingerprint density at radius 3 is 2.57 bits per heavy atom. The Morgan fingerprint density at radius 1 is 1.25 bits per heavy atom. The van der Waals surface area contributed by atoms with Gasteiger partial charge in [-0.3, -0.25) is 19.0 Å². The van der Waals surface area contributed by atoms with Crippen molar-refractivity contribution in [3.05, 3.63) is 56.1 Å². The number of carbonyl (C=O) groups excluding carboxylic acids is 1. The normalized spacial score (nSPS) is 14.9. The van der Waals surface area contributed by atoms with E-state index in [1.54, 1.807) is 29.8 Å². The number of rotatable bonds is 4. The fourth-order valence-electron chi connectivity index (χ4n) is 3.52. The van der Waals surface area contributed by atoms with E-state index in [0.717, 1.165) is 18.5 Å². The van der Waals surface area contributed by atoms with Gasteiger partial charge in [-0.1, -0.05) is 0 Å². The molecule has 1 amide bonds. The van der Waals surface area contributed by atoms with E-state index in [1.807, 2.05) is 6.92 Å². The summed E-state index contributed by atoms with van der Waals surface area (Å²) in [5.74, 6) is 0.464. The second-order valence-electron chi connectivity index (χ2n) is 7.35. The standard InChI is InChI=1S/C20H26N4O4/c1-13-14(2)21-12-24(19(13)26)10-15-5-7-23(8-6-15)20(27)16-11-22(3)18(25)9-17(16)28-4/h9,11-12,15H,5-8,10H2,1-4H3. The molecule has 3 rings (SSSR count). The Morgan fingerprint density at radius 2 is 1.93 bits per heavy atom. The Kier molecular flexibility index (Phi) is 5.67. The molecule has 0 radical (unpaired) electrons. The third-order valence-electron chi connectivity index (χ3n) is 5.51. The van der Waals surface area contributed by atoms with Gasteiger partial charge in [0.15, 0.2) is 0 Å². The van der Waals surface area contributed by atoms with E-state index in [9.17, 15) is 14.4 Å². The first kappa shape index (κ1) is 19.9. The molecule has 0 N–H and O–H groups in total. The molecule has 8 heteroatoms. The SMILES string of the molecule is COc1cc(=O)n(C)cc1C(=O)N1CCC(Cn2cnc(C)c(C)c2=O)CC1. The number of methoxy groups -OCH3 is 1. The summed E-state index contributed by atoms with van der Waals surface area (Å²) in [6.45, 7) is 5.44. The van der Waals surface area contributed by atoms with E-state index in [2.05, 4.69) is 4.98 Å². The molecule has 1 aliphatic rings. The molecule has 8 nitrogen and oxygen atoms in total. The van der Waals surface area contributed by atoms with Crippen molar-refractivity contribution in [2.24, 2.45) is 13.0 Å². The van der Waals surface area contributed by atoms with Gasteiger partial charge in [-0.25, -0.2) is 4.98 Å². The van der Waals surface area contributed by atoms with Gasteiger partial charge < -0.3 is 14.2 Å². The van der Waals surface area contributed by atoms with Crippen LogP contribution in [0.4, 0.5) is 0 Å². The third-order valence-corrected chi connectivity index (χ3v) is 5.51. The van der Waals surface area contributed by atoms with Crippen LogP contribution in [0.25, 0.3) is 0 Å². The van der Waals surface area contributed by atoms with E-state index in [1.165, 1.54) is 23.9 Å². The van der Waals surface area contributed by atoms with Crippen LogP contribution < -0.4 is 15.9 Å². The number of ether oxygens (including phenoxy) is 1. The third kappa shape index (κ3) is 3.85. The van der Waals surface area contributed by atoms with Crippen molar-refractivity contribution < 1.29 is 9.53 Å². The lowest BCUT2D eigenvalue weighted by Gasteiger charge is -2.32. The van der Waals surface area contributed by atoms with Gasteiger partial charge in [-0.05, 0) is 32.6 Å². The largest absolute Gasteiger partial charge is 0.496 e. The van der Waals surface area contributed by atoms with Crippen molar-refractivity contribution >= 4 is 5.91 Å². The lowest BCUT2D eigenvalue weighted by Crippen LogP contribution is -2.40. The highest BCUT2D eigenvalue weighted by Crippen LogP contribution is 2.23. The van der Waals surface area contributed by atoms with Crippen LogP contribution in [0.3, 0.4) is 0 Å². The first-order valence-corrected chi connectivity index (χ1v) is 9.38. The van der Waals surface area contributed by atoms with Gasteiger partial charge in [0.05, 0.1) is 19.0 Å². The lowest BCUT2D eigenvalue weighted by molar-refractivity contribution is 0.0678. The number of hydrogen-bond acceptors (Lipinski definition) is 5. The molecular weight excluding hydrogens is 360 g/mol. The van der Waals surface area contributed by atoms with Gasteiger partial charge in [0.2, 0.25) is 0 Å². The predicted molar refractivity (Wildman–Crippen MR) is 105 cm³/mol. The Balaban J connectivity index is 1.68. The van der Waals surface area contributed by atoms with E-state index >= 15 is 0 Å². The maximum absolute atomic E-state index is 12.9. The summed E-state index contributed by atoms with van der Waals surface area (Å²) in [6.07, 6.45) is 4.74. The molecule has 0 aromatic carbocycles. The molecule has 0 unspecified atom stereocenters. The van der Waals surface area contributed by atoms with Gasteiger partial charge >= 0.3 is 0 Å². The second-order valence-corrected chi connectivity index (χ2v) is 7.35. The molecular formula is C20H26N4O4. The monoisotopic (exact) mass is 386 g/mol. The quantitative estimate of drug-likeness (QED) is 0.786. The van der Waals surface area contributed by atoms with Crippen molar-refractivity contribution in [1.82, 2.24) is 19.0 Å². The molecule has 1 saturated heterocycles. The molecule has 0 saturated carbocycles. The predicted octanol–water partition coefficient (Wildman–Crippen LogP) is 1.12. The first-order valence-electron chi connectivity index (χ1n) is 9.38. The zero-order valence-corrected chi connectivity index (χ0v) is 16.8. The molecule has 1 aliphatic heterocycles. The van der Waals surface area contributed by atoms with Crippen LogP contribution in [0.1, 0.15) is 34.5 Å². The highest BCUT2D eigenvalue weighted by Gasteiger charge is 2.26. The number of likely N-dealkylation sites (tertiary alicyclic amines) is 1. The van der Waals surface area contributed by atoms with Crippen LogP contribution in [0, 0.1) is 19.8 Å². The average Bonchev–Trinajstić information content (AvgIpc) is 2.70. The van der Waals surface area contributed by atoms with Crippen LogP contribution in [-0.2, 0) is 13.6 Å². The number of nitrogens with zero attached hydrogens (tertiary/aromatic N) is 4. The maximum Gasteiger partial charge on any atom is 0.259 e. The van der Waals surface area contributed by atoms with E-state index in [4.69, 9.17) is 4.74 Å². The van der Waals surface area contributed by atoms with Gasteiger partial charge in [0.1, 0.15) is 5.75 Å². The molecule has 28 heavy (non-hydrogen) atoms. The second kappa shape index (κ2) is 8.00. The number of carbonyl (C=O) groups is 1. The highest BCUT2D eigenvalue weighted by atomic mass is 16.5. The smallest absolute Gasteiger partial charge is 0.259 e. The van der Waals surface area contributed by atoms with Crippen molar-refractivity contribution in [3.8, 4) is 5.75 Å². The number of amides is 1. The molecule has 2 aromatic heterocycles. The molecule has 1 fully saturated rings. The van der Waals surface area contributed by atoms with E-state index < -0.39 is 0 Å². The van der Waals surface area contributed by atoms with Crippen LogP contribution in [0.15, 0.2) is 28.2 Å². The number of aryl methyl sites for hydroxylation is 2.